The van der Waals surface area contributed by atoms with Gasteiger partial charge in [-0.15, -0.1) is 23.1 Å². The van der Waals surface area contributed by atoms with Crippen LogP contribution in [0, 0.1) is 13.8 Å². The predicted octanol–water partition coefficient (Wildman–Crippen LogP) is 6.44. The van der Waals surface area contributed by atoms with Crippen molar-refractivity contribution in [1.29, 1.82) is 0 Å². The Morgan fingerprint density at radius 1 is 1.00 bits per heavy atom. The summed E-state index contributed by atoms with van der Waals surface area (Å²) >= 11 is 3.45. The molecule has 26 heavy (non-hydrogen) atoms. The van der Waals surface area contributed by atoms with E-state index in [0.717, 1.165) is 21.7 Å². The molecule has 0 aliphatic rings. The van der Waals surface area contributed by atoms with Crippen LogP contribution in [0.1, 0.15) is 10.4 Å². The summed E-state index contributed by atoms with van der Waals surface area (Å²) in [4.78, 5) is 12.5. The first-order valence-corrected chi connectivity index (χ1v) is 10.4. The van der Waals surface area contributed by atoms with Gasteiger partial charge in [0.1, 0.15) is 17.0 Å². The number of thioether (sulfide) groups is 1. The van der Waals surface area contributed by atoms with Gasteiger partial charge in [-0.3, -0.25) is 0 Å². The van der Waals surface area contributed by atoms with Gasteiger partial charge in [-0.05, 0) is 43.9 Å². The Hall–Kier alpha value is -2.37. The Morgan fingerprint density at radius 2 is 1.81 bits per heavy atom. The summed E-state index contributed by atoms with van der Waals surface area (Å²) in [5.74, 6) is 0.855. The SMILES string of the molecule is CSc1cccc(Nc2ncnc3sc(C)c(-c4ccc(C)cc4)c23)c1. The first-order valence-electron chi connectivity index (χ1n) is 8.38. The van der Waals surface area contributed by atoms with Crippen molar-refractivity contribution in [3.8, 4) is 11.1 Å². The molecule has 3 nitrogen and oxygen atoms in total. The van der Waals surface area contributed by atoms with Crippen LogP contribution in [0.5, 0.6) is 0 Å². The summed E-state index contributed by atoms with van der Waals surface area (Å²) < 4.78 is 0. The van der Waals surface area contributed by atoms with Gasteiger partial charge in [0, 0.05) is 21.0 Å². The van der Waals surface area contributed by atoms with Crippen molar-refractivity contribution >= 4 is 44.8 Å². The van der Waals surface area contributed by atoms with Crippen LogP contribution in [0.2, 0.25) is 0 Å². The molecule has 0 aliphatic carbocycles. The summed E-state index contributed by atoms with van der Waals surface area (Å²) in [6.45, 7) is 4.26. The topological polar surface area (TPSA) is 37.8 Å². The van der Waals surface area contributed by atoms with Gasteiger partial charge in [-0.2, -0.15) is 0 Å². The molecular weight excluding hydrogens is 358 g/mol. The van der Waals surface area contributed by atoms with E-state index in [9.17, 15) is 0 Å². The van der Waals surface area contributed by atoms with Crippen molar-refractivity contribution in [1.82, 2.24) is 9.97 Å². The zero-order chi connectivity index (χ0) is 18.1. The van der Waals surface area contributed by atoms with E-state index in [-0.39, 0.29) is 0 Å². The molecule has 0 aliphatic heterocycles. The Bertz CT molecular complexity index is 1070. The fourth-order valence-corrected chi connectivity index (χ4v) is 4.52. The normalized spacial score (nSPS) is 11.0. The maximum Gasteiger partial charge on any atom is 0.143 e. The minimum absolute atomic E-state index is 0.855. The zero-order valence-electron chi connectivity index (χ0n) is 14.9. The second kappa shape index (κ2) is 7.09. The minimum atomic E-state index is 0.855. The molecule has 0 amide bonds. The number of aryl methyl sites for hydroxylation is 2. The van der Waals surface area contributed by atoms with Crippen LogP contribution < -0.4 is 5.32 Å². The summed E-state index contributed by atoms with van der Waals surface area (Å²) in [5, 5.41) is 4.59. The zero-order valence-corrected chi connectivity index (χ0v) is 16.5. The van der Waals surface area contributed by atoms with E-state index >= 15 is 0 Å². The maximum absolute atomic E-state index is 4.55. The number of nitrogens with one attached hydrogen (secondary N) is 1. The molecule has 0 saturated heterocycles. The first-order chi connectivity index (χ1) is 12.7. The van der Waals surface area contributed by atoms with Crippen molar-refractivity contribution in [2.75, 3.05) is 11.6 Å². The Kier molecular flexibility index (Phi) is 4.66. The molecule has 4 rings (SSSR count). The largest absolute Gasteiger partial charge is 0.340 e. The Morgan fingerprint density at radius 3 is 2.58 bits per heavy atom. The lowest BCUT2D eigenvalue weighted by Gasteiger charge is -2.10. The molecule has 5 heteroatoms. The van der Waals surface area contributed by atoms with E-state index < -0.39 is 0 Å². The van der Waals surface area contributed by atoms with Crippen molar-refractivity contribution in [3.05, 3.63) is 65.3 Å². The quantitative estimate of drug-likeness (QED) is 0.415. The smallest absolute Gasteiger partial charge is 0.143 e. The molecule has 0 radical (unpaired) electrons. The van der Waals surface area contributed by atoms with Gasteiger partial charge in [0.15, 0.2) is 0 Å². The lowest BCUT2D eigenvalue weighted by atomic mass is 10.0. The highest BCUT2D eigenvalue weighted by Crippen LogP contribution is 2.41. The third kappa shape index (κ3) is 3.20. The molecule has 2 aromatic carbocycles. The fraction of sp³-hybridized carbons (Fsp3) is 0.143. The minimum Gasteiger partial charge on any atom is -0.340 e. The fourth-order valence-electron chi connectivity index (χ4n) is 3.04. The number of hydrogen-bond acceptors (Lipinski definition) is 5. The van der Waals surface area contributed by atoms with E-state index in [1.54, 1.807) is 29.4 Å². The van der Waals surface area contributed by atoms with Crippen LogP contribution in [0.4, 0.5) is 11.5 Å². The lowest BCUT2D eigenvalue weighted by Crippen LogP contribution is -1.96. The first kappa shape index (κ1) is 17.1. The number of rotatable bonds is 4. The molecule has 0 unspecified atom stereocenters. The maximum atomic E-state index is 4.55. The molecule has 0 atom stereocenters. The van der Waals surface area contributed by atoms with Gasteiger partial charge in [0.25, 0.3) is 0 Å². The predicted molar refractivity (Wildman–Crippen MR) is 114 cm³/mol. The molecule has 4 aromatic rings. The Balaban J connectivity index is 1.86. The number of nitrogens with zero attached hydrogens (tertiary/aromatic N) is 2. The number of benzene rings is 2. The highest BCUT2D eigenvalue weighted by Gasteiger charge is 2.16. The number of anilines is 2. The summed E-state index contributed by atoms with van der Waals surface area (Å²) in [5.41, 5.74) is 4.72. The number of fused-ring (bicyclic) bond motifs is 1. The number of aromatic nitrogens is 2. The molecular formula is C21H19N3S2. The lowest BCUT2D eigenvalue weighted by molar-refractivity contribution is 1.23. The molecule has 0 fully saturated rings. The molecule has 0 spiro atoms. The molecule has 2 aromatic heterocycles. The van der Waals surface area contributed by atoms with E-state index in [1.165, 1.54) is 26.5 Å². The Labute approximate surface area is 161 Å². The highest BCUT2D eigenvalue weighted by molar-refractivity contribution is 7.98. The van der Waals surface area contributed by atoms with Gasteiger partial charge in [-0.1, -0.05) is 35.9 Å². The van der Waals surface area contributed by atoms with Crippen LogP contribution in [0.25, 0.3) is 21.3 Å². The van der Waals surface area contributed by atoms with E-state index in [4.69, 9.17) is 0 Å². The average molecular weight is 378 g/mol. The molecule has 2 heterocycles. The molecule has 130 valence electrons. The summed E-state index contributed by atoms with van der Waals surface area (Å²) in [7, 11) is 0. The second-order valence-electron chi connectivity index (χ2n) is 6.16. The third-order valence-corrected chi connectivity index (χ3v) is 6.08. The standard InChI is InChI=1S/C21H19N3S2/c1-13-7-9-15(10-8-13)18-14(2)26-21-19(18)20(22-12-23-21)24-16-5-4-6-17(11-16)25-3/h4-12H,1-3H3,(H,22,23,24). The average Bonchev–Trinajstić information content (AvgIpc) is 2.99. The van der Waals surface area contributed by atoms with Crippen molar-refractivity contribution in [2.24, 2.45) is 0 Å². The van der Waals surface area contributed by atoms with E-state index in [1.807, 2.05) is 0 Å². The van der Waals surface area contributed by atoms with Crippen LogP contribution >= 0.6 is 23.1 Å². The van der Waals surface area contributed by atoms with Gasteiger partial charge in [0.05, 0.1) is 5.39 Å². The highest BCUT2D eigenvalue weighted by atomic mass is 32.2. The van der Waals surface area contributed by atoms with E-state index in [2.05, 4.69) is 83.9 Å². The molecule has 0 bridgehead atoms. The van der Waals surface area contributed by atoms with Crippen molar-refractivity contribution in [2.45, 2.75) is 18.7 Å². The monoisotopic (exact) mass is 377 g/mol. The summed E-state index contributed by atoms with van der Waals surface area (Å²) in [6.07, 6.45) is 3.72. The van der Waals surface area contributed by atoms with Gasteiger partial charge in [-0.25, -0.2) is 9.97 Å². The molecule has 1 N–H and O–H groups in total. The molecule has 0 saturated carbocycles. The van der Waals surface area contributed by atoms with Crippen LogP contribution in [0.3, 0.4) is 0 Å². The van der Waals surface area contributed by atoms with Crippen LogP contribution in [0.15, 0.2) is 59.8 Å². The number of hydrogen-bond donors (Lipinski definition) is 1. The van der Waals surface area contributed by atoms with Crippen LogP contribution in [-0.4, -0.2) is 16.2 Å². The third-order valence-electron chi connectivity index (χ3n) is 4.34. The van der Waals surface area contributed by atoms with Crippen molar-refractivity contribution < 1.29 is 0 Å². The van der Waals surface area contributed by atoms with Crippen molar-refractivity contribution in [3.63, 3.8) is 0 Å². The van der Waals surface area contributed by atoms with Gasteiger partial charge < -0.3 is 5.32 Å². The van der Waals surface area contributed by atoms with Gasteiger partial charge >= 0.3 is 0 Å². The van der Waals surface area contributed by atoms with E-state index in [0.29, 0.717) is 0 Å². The number of thiophene rings is 1. The van der Waals surface area contributed by atoms with Crippen LogP contribution in [-0.2, 0) is 0 Å². The second-order valence-corrected chi connectivity index (χ2v) is 8.24. The summed E-state index contributed by atoms with van der Waals surface area (Å²) in [6, 6.07) is 17.0. The van der Waals surface area contributed by atoms with Gasteiger partial charge in [0.2, 0.25) is 0 Å².